The zero-order valence-electron chi connectivity index (χ0n) is 12.8. The summed E-state index contributed by atoms with van der Waals surface area (Å²) in [5.74, 6) is 0. The molecule has 6 nitrogen and oxygen atoms in total. The van der Waals surface area contributed by atoms with Crippen LogP contribution in [0.2, 0.25) is 0 Å². The van der Waals surface area contributed by atoms with E-state index in [1.165, 1.54) is 0 Å². The van der Waals surface area contributed by atoms with Crippen LogP contribution in [0, 0.1) is 0 Å². The maximum atomic E-state index is 12.7. The highest BCUT2D eigenvalue weighted by Gasteiger charge is 2.27. The first kappa shape index (κ1) is 20.0. The lowest BCUT2D eigenvalue weighted by Crippen LogP contribution is -2.31. The van der Waals surface area contributed by atoms with Gasteiger partial charge in [-0.15, -0.1) is 0 Å². The Morgan fingerprint density at radius 3 is 1.75 bits per heavy atom. The molecule has 0 aliphatic rings. The van der Waals surface area contributed by atoms with E-state index in [0.29, 0.717) is 26.3 Å². The topological polar surface area (TPSA) is 79.2 Å². The molecule has 0 heterocycles. The molecule has 0 aromatic heterocycles. The van der Waals surface area contributed by atoms with Crippen LogP contribution in [0.1, 0.15) is 39.5 Å². The molecule has 0 fully saturated rings. The predicted molar refractivity (Wildman–Crippen MR) is 79.9 cm³/mol. The van der Waals surface area contributed by atoms with Crippen LogP contribution in [0.5, 0.6) is 0 Å². The molecule has 0 aromatic rings. The third-order valence-corrected chi connectivity index (χ3v) is 4.68. The van der Waals surface area contributed by atoms with Crippen molar-refractivity contribution in [2.24, 2.45) is 0 Å². The van der Waals surface area contributed by atoms with Crippen LogP contribution in [0.3, 0.4) is 0 Å². The molecular weight excluding hydrogens is 281 g/mol. The van der Waals surface area contributed by atoms with E-state index in [0.717, 1.165) is 25.7 Å². The monoisotopic (exact) mass is 311 g/mol. The average Bonchev–Trinajstić information content (AvgIpc) is 2.40. The van der Waals surface area contributed by atoms with Crippen molar-refractivity contribution in [3.8, 4) is 0 Å². The van der Waals surface area contributed by atoms with E-state index in [2.05, 4.69) is 0 Å². The van der Waals surface area contributed by atoms with Crippen molar-refractivity contribution < 1.29 is 23.8 Å². The van der Waals surface area contributed by atoms with Gasteiger partial charge in [-0.3, -0.25) is 9.46 Å². The van der Waals surface area contributed by atoms with Crippen LogP contribution in [-0.4, -0.2) is 60.9 Å². The fourth-order valence-corrected chi connectivity index (χ4v) is 3.42. The van der Waals surface area contributed by atoms with Crippen molar-refractivity contribution in [2.75, 3.05) is 45.8 Å². The molecular formula is C13H30NO5P. The van der Waals surface area contributed by atoms with E-state index in [1.54, 1.807) is 4.90 Å². The second kappa shape index (κ2) is 12.7. The zero-order chi connectivity index (χ0) is 15.3. The molecule has 0 unspecified atom stereocenters. The molecule has 0 aromatic carbocycles. The summed E-state index contributed by atoms with van der Waals surface area (Å²) in [6.45, 7) is 5.48. The normalized spacial score (nSPS) is 12.2. The smallest absolute Gasteiger partial charge is 0.344 e. The number of aliphatic hydroxyl groups is 2. The molecule has 0 amide bonds. The summed E-state index contributed by atoms with van der Waals surface area (Å²) < 4.78 is 23.6. The first-order valence-electron chi connectivity index (χ1n) is 7.44. The highest BCUT2D eigenvalue weighted by Crippen LogP contribution is 2.48. The number of unbranched alkanes of at least 4 members (excludes halogenated alkanes) is 2. The van der Waals surface area contributed by atoms with Gasteiger partial charge in [-0.2, -0.15) is 0 Å². The van der Waals surface area contributed by atoms with Gasteiger partial charge in [0.15, 0.2) is 0 Å². The van der Waals surface area contributed by atoms with E-state index in [1.807, 2.05) is 13.8 Å². The Morgan fingerprint density at radius 2 is 1.40 bits per heavy atom. The molecule has 0 rings (SSSR count). The lowest BCUT2D eigenvalue weighted by atomic mass is 10.4. The Balaban J connectivity index is 4.48. The number of nitrogens with zero attached hydrogens (tertiary/aromatic N) is 1. The summed E-state index contributed by atoms with van der Waals surface area (Å²) in [4.78, 5) is 1.71. The molecule has 2 N–H and O–H groups in total. The summed E-state index contributed by atoms with van der Waals surface area (Å²) in [5, 5.41) is 18.0. The average molecular weight is 311 g/mol. The van der Waals surface area contributed by atoms with Crippen LogP contribution in [-0.2, 0) is 13.6 Å². The molecule has 20 heavy (non-hydrogen) atoms. The van der Waals surface area contributed by atoms with E-state index < -0.39 is 7.60 Å². The Labute approximate surface area is 122 Å². The SMILES string of the molecule is CCCCOP(=O)(CN(CCO)CCO)OCCCC. The van der Waals surface area contributed by atoms with Gasteiger partial charge in [0.1, 0.15) is 6.29 Å². The number of rotatable bonds is 14. The quantitative estimate of drug-likeness (QED) is 0.377. The third kappa shape index (κ3) is 9.86. The summed E-state index contributed by atoms with van der Waals surface area (Å²) >= 11 is 0. The molecule has 0 atom stereocenters. The third-order valence-electron chi connectivity index (χ3n) is 2.78. The standard InChI is InChI=1S/C13H30NO5P/c1-3-5-11-18-20(17,19-12-6-4-2)13-14(7-9-15)8-10-16/h15-16H,3-13H2,1-2H3. The molecule has 0 radical (unpaired) electrons. The Hall–Kier alpha value is 0.0300. The van der Waals surface area contributed by atoms with Gasteiger partial charge >= 0.3 is 7.60 Å². The molecule has 0 bridgehead atoms. The fraction of sp³-hybridized carbons (Fsp3) is 1.00. The van der Waals surface area contributed by atoms with Crippen molar-refractivity contribution in [3.05, 3.63) is 0 Å². The Kier molecular flexibility index (Phi) is 12.8. The van der Waals surface area contributed by atoms with Crippen molar-refractivity contribution >= 4 is 7.60 Å². The van der Waals surface area contributed by atoms with Gasteiger partial charge in [0.2, 0.25) is 0 Å². The van der Waals surface area contributed by atoms with E-state index in [9.17, 15) is 4.57 Å². The fourth-order valence-electron chi connectivity index (χ4n) is 1.60. The highest BCUT2D eigenvalue weighted by molar-refractivity contribution is 7.53. The molecule has 0 saturated heterocycles. The maximum absolute atomic E-state index is 12.7. The second-order valence-electron chi connectivity index (χ2n) is 4.69. The van der Waals surface area contributed by atoms with Crippen LogP contribution < -0.4 is 0 Å². The van der Waals surface area contributed by atoms with Gasteiger partial charge in [-0.25, -0.2) is 0 Å². The van der Waals surface area contributed by atoms with Crippen molar-refractivity contribution in [1.29, 1.82) is 0 Å². The minimum atomic E-state index is -3.19. The number of hydrogen-bond donors (Lipinski definition) is 2. The molecule has 0 aliphatic carbocycles. The Bertz CT molecular complexity index is 245. The Morgan fingerprint density at radius 1 is 0.950 bits per heavy atom. The van der Waals surface area contributed by atoms with Crippen molar-refractivity contribution in [3.63, 3.8) is 0 Å². The van der Waals surface area contributed by atoms with Crippen LogP contribution in [0.15, 0.2) is 0 Å². The highest BCUT2D eigenvalue weighted by atomic mass is 31.2. The van der Waals surface area contributed by atoms with E-state index >= 15 is 0 Å². The van der Waals surface area contributed by atoms with Gasteiger partial charge < -0.3 is 19.3 Å². The van der Waals surface area contributed by atoms with Gasteiger partial charge in [-0.1, -0.05) is 26.7 Å². The first-order valence-corrected chi connectivity index (χ1v) is 9.16. The second-order valence-corrected chi connectivity index (χ2v) is 6.71. The molecule has 0 aliphatic heterocycles. The van der Waals surface area contributed by atoms with Gasteiger partial charge in [0.05, 0.1) is 26.4 Å². The minimum Gasteiger partial charge on any atom is -0.395 e. The predicted octanol–water partition coefficient (Wildman–Crippen LogP) is 2.06. The number of aliphatic hydroxyl groups excluding tert-OH is 2. The molecule has 0 saturated carbocycles. The van der Waals surface area contributed by atoms with Crippen LogP contribution >= 0.6 is 7.60 Å². The summed E-state index contributed by atoms with van der Waals surface area (Å²) in [6, 6.07) is 0. The first-order chi connectivity index (χ1) is 9.61. The van der Waals surface area contributed by atoms with E-state index in [-0.39, 0.29) is 19.5 Å². The molecule has 122 valence electrons. The van der Waals surface area contributed by atoms with Crippen LogP contribution in [0.4, 0.5) is 0 Å². The largest absolute Gasteiger partial charge is 0.395 e. The van der Waals surface area contributed by atoms with Gasteiger partial charge in [0.25, 0.3) is 0 Å². The van der Waals surface area contributed by atoms with Crippen molar-refractivity contribution in [1.82, 2.24) is 4.90 Å². The zero-order valence-corrected chi connectivity index (χ0v) is 13.7. The van der Waals surface area contributed by atoms with Crippen molar-refractivity contribution in [2.45, 2.75) is 39.5 Å². The minimum absolute atomic E-state index is 0.0517. The molecule has 7 heteroatoms. The van der Waals surface area contributed by atoms with Gasteiger partial charge in [0, 0.05) is 13.1 Å². The maximum Gasteiger partial charge on any atom is 0.344 e. The van der Waals surface area contributed by atoms with Gasteiger partial charge in [-0.05, 0) is 12.8 Å². The van der Waals surface area contributed by atoms with E-state index in [4.69, 9.17) is 19.3 Å². The summed E-state index contributed by atoms with van der Waals surface area (Å²) in [5.41, 5.74) is 0. The van der Waals surface area contributed by atoms with Crippen LogP contribution in [0.25, 0.3) is 0 Å². The summed E-state index contributed by atoms with van der Waals surface area (Å²) in [6.07, 6.45) is 3.71. The molecule has 0 spiro atoms. The number of hydrogen-bond acceptors (Lipinski definition) is 6. The lowest BCUT2D eigenvalue weighted by molar-refractivity contribution is 0.150. The lowest BCUT2D eigenvalue weighted by Gasteiger charge is -2.26. The summed E-state index contributed by atoms with van der Waals surface area (Å²) in [7, 11) is -3.19.